The van der Waals surface area contributed by atoms with Gasteiger partial charge in [-0.25, -0.2) is 0 Å². The fourth-order valence-corrected chi connectivity index (χ4v) is 3.04. The largest absolute Gasteiger partial charge is 0.497 e. The van der Waals surface area contributed by atoms with Crippen molar-refractivity contribution in [1.29, 1.82) is 0 Å². The van der Waals surface area contributed by atoms with Crippen LogP contribution in [0.4, 0.5) is 24.5 Å². The number of fused-ring (bicyclic) bond motifs is 1. The summed E-state index contributed by atoms with van der Waals surface area (Å²) < 4.78 is 44.3. The molecule has 138 valence electrons. The van der Waals surface area contributed by atoms with E-state index in [4.69, 9.17) is 4.74 Å². The molecular weight excluding hydrogens is 345 g/mol. The van der Waals surface area contributed by atoms with Crippen molar-refractivity contribution in [3.8, 4) is 5.75 Å². The van der Waals surface area contributed by atoms with Gasteiger partial charge in [0.05, 0.1) is 18.6 Å². The van der Waals surface area contributed by atoms with E-state index < -0.39 is 11.7 Å². The topological polar surface area (TPSA) is 50.4 Å². The Balaban J connectivity index is 1.75. The Morgan fingerprint density at radius 3 is 2.69 bits per heavy atom. The van der Waals surface area contributed by atoms with E-state index in [0.29, 0.717) is 18.7 Å². The van der Waals surface area contributed by atoms with Crippen molar-refractivity contribution in [2.24, 2.45) is 5.92 Å². The molecular formula is C19H19F3N2O2. The number of carbonyl (C=O) groups is 1. The molecule has 0 aliphatic carbocycles. The van der Waals surface area contributed by atoms with E-state index in [1.54, 1.807) is 7.11 Å². The van der Waals surface area contributed by atoms with Crippen LogP contribution in [0.2, 0.25) is 0 Å². The summed E-state index contributed by atoms with van der Waals surface area (Å²) in [5, 5.41) is 5.78. The maximum atomic E-state index is 13.0. The second-order valence-electron chi connectivity index (χ2n) is 6.32. The Morgan fingerprint density at radius 2 is 2.00 bits per heavy atom. The number of nitrogens with one attached hydrogen (secondary N) is 2. The van der Waals surface area contributed by atoms with Crippen molar-refractivity contribution in [3.63, 3.8) is 0 Å². The zero-order chi connectivity index (χ0) is 18.9. The number of aryl methyl sites for hydroxylation is 1. The van der Waals surface area contributed by atoms with E-state index in [-0.39, 0.29) is 23.1 Å². The number of methoxy groups -OCH3 is 1. The SMILES string of the molecule is COc1ccc2c(c1)CC(C(=O)Nc1ccc(C)c(C(F)(F)F)c1)CN2. The van der Waals surface area contributed by atoms with Crippen LogP contribution in [0.5, 0.6) is 5.75 Å². The van der Waals surface area contributed by atoms with Gasteiger partial charge in [-0.3, -0.25) is 4.79 Å². The van der Waals surface area contributed by atoms with Crippen LogP contribution in [-0.2, 0) is 17.4 Å². The molecule has 1 aliphatic rings. The zero-order valence-electron chi connectivity index (χ0n) is 14.4. The highest BCUT2D eigenvalue weighted by atomic mass is 19.4. The molecule has 1 heterocycles. The molecule has 1 unspecified atom stereocenters. The highest BCUT2D eigenvalue weighted by Crippen LogP contribution is 2.34. The maximum absolute atomic E-state index is 13.0. The first-order valence-corrected chi connectivity index (χ1v) is 8.17. The molecule has 0 spiro atoms. The van der Waals surface area contributed by atoms with Crippen LogP contribution in [0.25, 0.3) is 0 Å². The summed E-state index contributed by atoms with van der Waals surface area (Å²) >= 11 is 0. The van der Waals surface area contributed by atoms with Crippen LogP contribution in [0, 0.1) is 12.8 Å². The molecule has 0 saturated carbocycles. The highest BCUT2D eigenvalue weighted by Gasteiger charge is 2.33. The van der Waals surface area contributed by atoms with Gasteiger partial charge in [-0.15, -0.1) is 0 Å². The lowest BCUT2D eigenvalue weighted by molar-refractivity contribution is -0.138. The van der Waals surface area contributed by atoms with Crippen LogP contribution in [0.15, 0.2) is 36.4 Å². The summed E-state index contributed by atoms with van der Waals surface area (Å²) in [4.78, 5) is 12.5. The van der Waals surface area contributed by atoms with Gasteiger partial charge in [-0.1, -0.05) is 6.07 Å². The van der Waals surface area contributed by atoms with Crippen LogP contribution in [-0.4, -0.2) is 19.6 Å². The molecule has 1 amide bonds. The van der Waals surface area contributed by atoms with E-state index in [9.17, 15) is 18.0 Å². The van der Waals surface area contributed by atoms with Crippen molar-refractivity contribution in [1.82, 2.24) is 0 Å². The zero-order valence-corrected chi connectivity index (χ0v) is 14.4. The van der Waals surface area contributed by atoms with E-state index in [1.165, 1.54) is 19.1 Å². The summed E-state index contributed by atoms with van der Waals surface area (Å²) in [7, 11) is 1.57. The summed E-state index contributed by atoms with van der Waals surface area (Å²) in [6, 6.07) is 9.39. The van der Waals surface area contributed by atoms with E-state index in [2.05, 4.69) is 10.6 Å². The molecule has 26 heavy (non-hydrogen) atoms. The number of hydrogen-bond acceptors (Lipinski definition) is 3. The molecule has 2 N–H and O–H groups in total. The number of halogens is 3. The number of carbonyl (C=O) groups excluding carboxylic acids is 1. The van der Waals surface area contributed by atoms with Crippen molar-refractivity contribution >= 4 is 17.3 Å². The third-order valence-electron chi connectivity index (χ3n) is 4.50. The molecule has 4 nitrogen and oxygen atoms in total. The third kappa shape index (κ3) is 3.76. The van der Waals surface area contributed by atoms with Crippen molar-refractivity contribution in [3.05, 3.63) is 53.1 Å². The first-order chi connectivity index (χ1) is 12.3. The van der Waals surface area contributed by atoms with Gasteiger partial charge in [0.1, 0.15) is 5.75 Å². The molecule has 2 aromatic rings. The highest BCUT2D eigenvalue weighted by molar-refractivity contribution is 5.93. The first kappa shape index (κ1) is 18.1. The number of benzene rings is 2. The standard InChI is InChI=1S/C19H19F3N2O2/c1-11-3-4-14(9-16(11)19(20,21)22)24-18(25)13-7-12-8-15(26-2)5-6-17(12)23-10-13/h3-6,8-9,13,23H,7,10H2,1-2H3,(H,24,25). The molecule has 7 heteroatoms. The van der Waals surface area contributed by atoms with Gasteiger partial charge in [-0.2, -0.15) is 13.2 Å². The molecule has 0 fully saturated rings. The van der Waals surface area contributed by atoms with Crippen molar-refractivity contribution < 1.29 is 22.7 Å². The Labute approximate surface area is 149 Å². The van der Waals surface area contributed by atoms with Gasteiger partial charge in [0.25, 0.3) is 0 Å². The fourth-order valence-electron chi connectivity index (χ4n) is 3.04. The minimum Gasteiger partial charge on any atom is -0.497 e. The van der Waals surface area contributed by atoms with Gasteiger partial charge < -0.3 is 15.4 Å². The number of hydrogen-bond donors (Lipinski definition) is 2. The predicted octanol–water partition coefficient (Wildman–Crippen LogP) is 4.25. The lowest BCUT2D eigenvalue weighted by Crippen LogP contribution is -2.33. The minimum atomic E-state index is -4.45. The molecule has 0 bridgehead atoms. The summed E-state index contributed by atoms with van der Waals surface area (Å²) in [6.07, 6.45) is -3.96. The fraction of sp³-hybridized carbons (Fsp3) is 0.316. The lowest BCUT2D eigenvalue weighted by Gasteiger charge is -2.26. The third-order valence-corrected chi connectivity index (χ3v) is 4.50. The number of amides is 1. The number of ether oxygens (including phenoxy) is 1. The second kappa shape index (κ2) is 6.90. The Hall–Kier alpha value is -2.70. The molecule has 0 aromatic heterocycles. The monoisotopic (exact) mass is 364 g/mol. The van der Waals surface area contributed by atoms with Gasteiger partial charge in [0, 0.05) is 17.9 Å². The van der Waals surface area contributed by atoms with E-state index in [0.717, 1.165) is 17.3 Å². The van der Waals surface area contributed by atoms with Crippen molar-refractivity contribution in [2.75, 3.05) is 24.3 Å². The molecule has 0 radical (unpaired) electrons. The quantitative estimate of drug-likeness (QED) is 0.856. The van der Waals surface area contributed by atoms with Gasteiger partial charge >= 0.3 is 6.18 Å². The van der Waals surface area contributed by atoms with Gasteiger partial charge in [-0.05, 0) is 54.8 Å². The van der Waals surface area contributed by atoms with E-state index in [1.807, 2.05) is 18.2 Å². The normalized spacial score (nSPS) is 16.4. The Bertz CT molecular complexity index is 834. The maximum Gasteiger partial charge on any atom is 0.416 e. The lowest BCUT2D eigenvalue weighted by atomic mass is 9.93. The molecule has 1 aliphatic heterocycles. The smallest absolute Gasteiger partial charge is 0.416 e. The van der Waals surface area contributed by atoms with Crippen LogP contribution in [0.3, 0.4) is 0 Å². The molecule has 2 aromatic carbocycles. The number of alkyl halides is 3. The van der Waals surface area contributed by atoms with Gasteiger partial charge in [0.15, 0.2) is 0 Å². The Morgan fingerprint density at radius 1 is 1.23 bits per heavy atom. The van der Waals surface area contributed by atoms with Crippen molar-refractivity contribution in [2.45, 2.75) is 19.5 Å². The predicted molar refractivity (Wildman–Crippen MR) is 93.5 cm³/mol. The van der Waals surface area contributed by atoms with Crippen LogP contribution in [0.1, 0.15) is 16.7 Å². The average molecular weight is 364 g/mol. The summed E-state index contributed by atoms with van der Waals surface area (Å²) in [5.41, 5.74) is 1.40. The summed E-state index contributed by atoms with van der Waals surface area (Å²) in [6.45, 7) is 1.81. The Kier molecular flexibility index (Phi) is 4.80. The minimum absolute atomic E-state index is 0.121. The van der Waals surface area contributed by atoms with Gasteiger partial charge in [0.2, 0.25) is 5.91 Å². The van der Waals surface area contributed by atoms with E-state index >= 15 is 0 Å². The average Bonchev–Trinajstić information content (AvgIpc) is 2.61. The number of rotatable bonds is 3. The molecule has 1 atom stereocenters. The first-order valence-electron chi connectivity index (χ1n) is 8.17. The molecule has 3 rings (SSSR count). The molecule has 0 saturated heterocycles. The number of anilines is 2. The van der Waals surface area contributed by atoms with Crippen LogP contribution < -0.4 is 15.4 Å². The van der Waals surface area contributed by atoms with Crippen LogP contribution >= 0.6 is 0 Å². The summed E-state index contributed by atoms with van der Waals surface area (Å²) in [5.74, 6) is -0.00634. The second-order valence-corrected chi connectivity index (χ2v) is 6.32.